The Balaban J connectivity index is 1.93. The molecule has 1 aromatic carbocycles. The Kier molecular flexibility index (Phi) is 5.52. The van der Waals surface area contributed by atoms with Gasteiger partial charge in [-0.05, 0) is 36.5 Å². The van der Waals surface area contributed by atoms with E-state index in [2.05, 4.69) is 10.6 Å². The molecule has 1 heterocycles. The molecule has 0 radical (unpaired) electrons. The van der Waals surface area contributed by atoms with Gasteiger partial charge < -0.3 is 15.5 Å². The number of nitrogens with zero attached hydrogens (tertiary/aromatic N) is 1. The third-order valence-corrected chi connectivity index (χ3v) is 4.13. The van der Waals surface area contributed by atoms with Gasteiger partial charge in [0.1, 0.15) is 6.04 Å². The molecule has 7 heteroatoms. The Morgan fingerprint density at radius 1 is 1.35 bits per heavy atom. The van der Waals surface area contributed by atoms with Gasteiger partial charge in [-0.25, -0.2) is 13.6 Å². The number of urea groups is 1. The van der Waals surface area contributed by atoms with Gasteiger partial charge in [-0.1, -0.05) is 13.0 Å². The normalized spacial score (nSPS) is 18.6. The van der Waals surface area contributed by atoms with E-state index >= 15 is 0 Å². The average molecular weight is 325 g/mol. The summed E-state index contributed by atoms with van der Waals surface area (Å²) >= 11 is 0. The molecule has 1 aliphatic rings. The molecule has 0 bridgehead atoms. The molecular weight excluding hydrogens is 304 g/mol. The number of rotatable bonds is 4. The lowest BCUT2D eigenvalue weighted by Crippen LogP contribution is -2.49. The second kappa shape index (κ2) is 7.39. The van der Waals surface area contributed by atoms with Crippen molar-refractivity contribution >= 4 is 11.9 Å². The maximum absolute atomic E-state index is 13.2. The van der Waals surface area contributed by atoms with Crippen LogP contribution < -0.4 is 10.6 Å². The van der Waals surface area contributed by atoms with Gasteiger partial charge in [-0.3, -0.25) is 4.79 Å². The summed E-state index contributed by atoms with van der Waals surface area (Å²) in [6.07, 6.45) is 1.43. The molecule has 0 aliphatic carbocycles. The molecule has 5 nitrogen and oxygen atoms in total. The topological polar surface area (TPSA) is 61.4 Å². The first kappa shape index (κ1) is 17.2. The van der Waals surface area contributed by atoms with Crippen molar-refractivity contribution in [2.24, 2.45) is 0 Å². The van der Waals surface area contributed by atoms with E-state index in [9.17, 15) is 18.4 Å². The molecule has 1 aromatic rings. The third kappa shape index (κ3) is 3.97. The van der Waals surface area contributed by atoms with E-state index in [4.69, 9.17) is 0 Å². The number of amides is 3. The van der Waals surface area contributed by atoms with Gasteiger partial charge >= 0.3 is 6.03 Å². The highest BCUT2D eigenvalue weighted by atomic mass is 19.2. The largest absolute Gasteiger partial charge is 0.357 e. The first-order chi connectivity index (χ1) is 10.9. The van der Waals surface area contributed by atoms with Crippen LogP contribution >= 0.6 is 0 Å². The molecule has 2 rings (SSSR count). The maximum atomic E-state index is 13.2. The van der Waals surface area contributed by atoms with E-state index in [0.29, 0.717) is 18.5 Å². The molecule has 2 N–H and O–H groups in total. The monoisotopic (exact) mass is 325 g/mol. The highest BCUT2D eigenvalue weighted by Crippen LogP contribution is 2.19. The molecule has 1 saturated heterocycles. The lowest BCUT2D eigenvalue weighted by atomic mass is 10.0. The number of likely N-dealkylation sites (N-methyl/N-ethyl adjacent to an activating group) is 1. The fraction of sp³-hybridized carbons (Fsp3) is 0.500. The van der Waals surface area contributed by atoms with Crippen molar-refractivity contribution in [1.29, 1.82) is 0 Å². The average Bonchev–Trinajstić information content (AvgIpc) is 3.03. The van der Waals surface area contributed by atoms with Crippen molar-refractivity contribution in [2.75, 3.05) is 20.1 Å². The van der Waals surface area contributed by atoms with Crippen molar-refractivity contribution in [2.45, 2.75) is 31.7 Å². The molecule has 1 fully saturated rings. The van der Waals surface area contributed by atoms with Gasteiger partial charge in [-0.2, -0.15) is 0 Å². The van der Waals surface area contributed by atoms with Gasteiger partial charge in [-0.15, -0.1) is 0 Å². The molecule has 0 saturated carbocycles. The smallest absolute Gasteiger partial charge is 0.318 e. The molecule has 0 unspecified atom stereocenters. The summed E-state index contributed by atoms with van der Waals surface area (Å²) in [6.45, 7) is 2.62. The van der Waals surface area contributed by atoms with E-state index in [1.54, 1.807) is 7.05 Å². The molecule has 126 valence electrons. The van der Waals surface area contributed by atoms with Crippen molar-refractivity contribution in [1.82, 2.24) is 15.5 Å². The van der Waals surface area contributed by atoms with E-state index in [1.165, 1.54) is 11.0 Å². The van der Waals surface area contributed by atoms with Crippen LogP contribution in [-0.2, 0) is 4.79 Å². The van der Waals surface area contributed by atoms with Crippen LogP contribution in [0.1, 0.15) is 31.2 Å². The van der Waals surface area contributed by atoms with E-state index in [1.807, 2.05) is 6.92 Å². The van der Waals surface area contributed by atoms with Crippen molar-refractivity contribution in [3.63, 3.8) is 0 Å². The number of halogens is 2. The number of carbonyl (C=O) groups is 2. The number of hydrogen-bond acceptors (Lipinski definition) is 2. The number of nitrogens with one attached hydrogen (secondary N) is 2. The van der Waals surface area contributed by atoms with Gasteiger partial charge in [0.05, 0.1) is 0 Å². The highest BCUT2D eigenvalue weighted by molar-refractivity contribution is 5.87. The second-order valence-electron chi connectivity index (χ2n) is 5.73. The Morgan fingerprint density at radius 3 is 2.74 bits per heavy atom. The quantitative estimate of drug-likeness (QED) is 0.889. The summed E-state index contributed by atoms with van der Waals surface area (Å²) in [7, 11) is 1.54. The summed E-state index contributed by atoms with van der Waals surface area (Å²) in [4.78, 5) is 25.5. The Hall–Kier alpha value is -2.18. The van der Waals surface area contributed by atoms with Crippen LogP contribution in [0.15, 0.2) is 18.2 Å². The molecule has 0 aromatic heterocycles. The van der Waals surface area contributed by atoms with Crippen molar-refractivity contribution in [3.05, 3.63) is 35.4 Å². The van der Waals surface area contributed by atoms with Crippen LogP contribution in [0, 0.1) is 11.6 Å². The zero-order chi connectivity index (χ0) is 17.0. The molecule has 0 spiro atoms. The first-order valence-corrected chi connectivity index (χ1v) is 7.65. The predicted octanol–water partition coefficient (Wildman–Crippen LogP) is 1.99. The molecule has 2 atom stereocenters. The number of benzene rings is 1. The lowest BCUT2D eigenvalue weighted by molar-refractivity contribution is -0.124. The fourth-order valence-corrected chi connectivity index (χ4v) is 2.73. The van der Waals surface area contributed by atoms with Crippen LogP contribution in [0.3, 0.4) is 0 Å². The van der Waals surface area contributed by atoms with E-state index in [0.717, 1.165) is 18.6 Å². The van der Waals surface area contributed by atoms with E-state index in [-0.39, 0.29) is 24.4 Å². The van der Waals surface area contributed by atoms with Gasteiger partial charge in [0.2, 0.25) is 5.91 Å². The van der Waals surface area contributed by atoms with Gasteiger partial charge in [0, 0.05) is 20.1 Å². The molecule has 23 heavy (non-hydrogen) atoms. The number of likely N-dealkylation sites (tertiary alicyclic amines) is 1. The third-order valence-electron chi connectivity index (χ3n) is 4.13. The minimum atomic E-state index is -0.903. The lowest BCUT2D eigenvalue weighted by Gasteiger charge is -2.24. The van der Waals surface area contributed by atoms with Crippen LogP contribution in [0.2, 0.25) is 0 Å². The summed E-state index contributed by atoms with van der Waals surface area (Å²) in [5, 5.41) is 5.31. The molecule has 3 amide bonds. The van der Waals surface area contributed by atoms with Gasteiger partial charge in [0.25, 0.3) is 0 Å². The zero-order valence-corrected chi connectivity index (χ0v) is 13.2. The van der Waals surface area contributed by atoms with Crippen molar-refractivity contribution in [3.8, 4) is 0 Å². The number of carbonyl (C=O) groups excluding carboxylic acids is 2. The summed E-state index contributed by atoms with van der Waals surface area (Å²) in [5.41, 5.74) is 0.605. The van der Waals surface area contributed by atoms with E-state index < -0.39 is 17.7 Å². The van der Waals surface area contributed by atoms with Crippen LogP contribution in [0.5, 0.6) is 0 Å². The first-order valence-electron chi connectivity index (χ1n) is 7.65. The minimum Gasteiger partial charge on any atom is -0.357 e. The Bertz CT molecular complexity index is 595. The summed E-state index contributed by atoms with van der Waals surface area (Å²) in [5.74, 6) is -2.14. The second-order valence-corrected chi connectivity index (χ2v) is 5.73. The van der Waals surface area contributed by atoms with Crippen LogP contribution in [0.4, 0.5) is 13.6 Å². The zero-order valence-electron chi connectivity index (χ0n) is 13.2. The fourth-order valence-electron chi connectivity index (χ4n) is 2.73. The predicted molar refractivity (Wildman–Crippen MR) is 82.0 cm³/mol. The minimum absolute atomic E-state index is 0.171. The SMILES string of the molecule is CNC(=O)[C@H]1CCCN1C(=O)NC[C@H](C)c1ccc(F)c(F)c1. The molecular formula is C16H21F2N3O2. The number of hydrogen-bond donors (Lipinski definition) is 2. The Labute approximate surface area is 134 Å². The van der Waals surface area contributed by atoms with Gasteiger partial charge in [0.15, 0.2) is 11.6 Å². The highest BCUT2D eigenvalue weighted by Gasteiger charge is 2.33. The van der Waals surface area contributed by atoms with Crippen LogP contribution in [0.25, 0.3) is 0 Å². The van der Waals surface area contributed by atoms with Crippen LogP contribution in [-0.4, -0.2) is 43.0 Å². The summed E-state index contributed by atoms with van der Waals surface area (Å²) < 4.78 is 26.2. The standard InChI is InChI=1S/C16H21F2N3O2/c1-10(11-5-6-12(17)13(18)8-11)9-20-16(23)21-7-3-4-14(21)15(22)19-2/h5-6,8,10,14H,3-4,7,9H2,1-2H3,(H,19,22)(H,20,23)/t10-,14+/m0/s1. The Morgan fingerprint density at radius 2 is 2.09 bits per heavy atom. The maximum Gasteiger partial charge on any atom is 0.318 e. The summed E-state index contributed by atoms with van der Waals surface area (Å²) in [6, 6.07) is 2.95. The molecule has 1 aliphatic heterocycles. The van der Waals surface area contributed by atoms with Crippen molar-refractivity contribution < 1.29 is 18.4 Å².